The Bertz CT molecular complexity index is 604. The number of benzene rings is 2. The Balaban J connectivity index is 2.44. The van der Waals surface area contributed by atoms with Crippen LogP contribution in [0.5, 0.6) is 0 Å². The van der Waals surface area contributed by atoms with Gasteiger partial charge in [-0.05, 0) is 24.3 Å². The van der Waals surface area contributed by atoms with E-state index in [0.717, 1.165) is 11.8 Å². The van der Waals surface area contributed by atoms with Crippen molar-refractivity contribution < 1.29 is 9.31 Å². The molecule has 2 aromatic rings. The second kappa shape index (κ2) is 5.05. The smallest absolute Gasteiger partial charge is 0.305 e. The minimum atomic E-state index is -0.557. The molecule has 0 amide bonds. The summed E-state index contributed by atoms with van der Waals surface area (Å²) >= 11 is 0.987. The normalized spacial score (nSPS) is 10.3. The summed E-state index contributed by atoms with van der Waals surface area (Å²) in [6.45, 7) is 0. The van der Waals surface area contributed by atoms with E-state index in [1.54, 1.807) is 30.3 Å². The van der Waals surface area contributed by atoms with E-state index in [2.05, 4.69) is 0 Å². The number of halogens is 1. The summed E-state index contributed by atoms with van der Waals surface area (Å²) in [5.41, 5.74) is 5.45. The van der Waals surface area contributed by atoms with Crippen molar-refractivity contribution in [2.45, 2.75) is 9.79 Å². The van der Waals surface area contributed by atoms with Crippen molar-refractivity contribution in [1.29, 1.82) is 0 Å². The molecule has 0 saturated heterocycles. The summed E-state index contributed by atoms with van der Waals surface area (Å²) < 4.78 is 13.5. The van der Waals surface area contributed by atoms with Crippen molar-refractivity contribution in [3.05, 3.63) is 58.4 Å². The number of rotatable bonds is 3. The minimum Gasteiger partial charge on any atom is -0.393 e. The van der Waals surface area contributed by atoms with Gasteiger partial charge in [-0.15, -0.1) is 0 Å². The van der Waals surface area contributed by atoms with Crippen LogP contribution in [0.3, 0.4) is 0 Å². The van der Waals surface area contributed by atoms with Gasteiger partial charge in [0.15, 0.2) is 0 Å². The Hall–Kier alpha value is -2.08. The molecule has 4 nitrogen and oxygen atoms in total. The van der Waals surface area contributed by atoms with Crippen molar-refractivity contribution in [1.82, 2.24) is 0 Å². The van der Waals surface area contributed by atoms with Crippen LogP contribution >= 0.6 is 11.8 Å². The van der Waals surface area contributed by atoms with Crippen LogP contribution in [0, 0.1) is 15.9 Å². The first-order valence-electron chi connectivity index (χ1n) is 5.05. The molecule has 92 valence electrons. The molecule has 0 unspecified atom stereocenters. The summed E-state index contributed by atoms with van der Waals surface area (Å²) in [4.78, 5) is 11.0. The Labute approximate surface area is 107 Å². The third kappa shape index (κ3) is 2.43. The van der Waals surface area contributed by atoms with E-state index in [-0.39, 0.29) is 11.4 Å². The van der Waals surface area contributed by atoms with Crippen molar-refractivity contribution in [2.24, 2.45) is 0 Å². The van der Waals surface area contributed by atoms with E-state index in [1.165, 1.54) is 12.1 Å². The Kier molecular flexibility index (Phi) is 3.47. The zero-order chi connectivity index (χ0) is 13.1. The average molecular weight is 264 g/mol. The maximum absolute atomic E-state index is 13.5. The highest BCUT2D eigenvalue weighted by Gasteiger charge is 2.19. The molecular formula is C12H9FN2O2S. The monoisotopic (exact) mass is 264 g/mol. The van der Waals surface area contributed by atoms with Gasteiger partial charge in [-0.2, -0.15) is 0 Å². The van der Waals surface area contributed by atoms with Gasteiger partial charge in [0.1, 0.15) is 11.5 Å². The van der Waals surface area contributed by atoms with Crippen LogP contribution in [0.2, 0.25) is 0 Å². The van der Waals surface area contributed by atoms with Crippen LogP contribution in [-0.2, 0) is 0 Å². The number of nitrogen functional groups attached to an aromatic ring is 1. The average Bonchev–Trinajstić information content (AvgIpc) is 2.31. The number of nitrogens with zero attached hydrogens (tertiary/aromatic N) is 1. The molecule has 0 fully saturated rings. The SMILES string of the molecule is Nc1cccc(Sc2ccccc2F)c1[N+](=O)[O-]. The van der Waals surface area contributed by atoms with Gasteiger partial charge in [-0.25, -0.2) is 4.39 Å². The number of hydrogen-bond donors (Lipinski definition) is 1. The van der Waals surface area contributed by atoms with Gasteiger partial charge in [-0.1, -0.05) is 30.0 Å². The quantitative estimate of drug-likeness (QED) is 0.523. The zero-order valence-electron chi connectivity index (χ0n) is 9.17. The fraction of sp³-hybridized carbons (Fsp3) is 0. The van der Waals surface area contributed by atoms with Crippen LogP contribution in [0.25, 0.3) is 0 Å². The lowest BCUT2D eigenvalue weighted by atomic mass is 10.3. The van der Waals surface area contributed by atoms with Crippen molar-refractivity contribution in [2.75, 3.05) is 5.73 Å². The molecule has 0 saturated carbocycles. The third-order valence-electron chi connectivity index (χ3n) is 2.27. The summed E-state index contributed by atoms with van der Waals surface area (Å²) in [5, 5.41) is 10.9. The van der Waals surface area contributed by atoms with Gasteiger partial charge in [0.2, 0.25) is 0 Å². The Morgan fingerprint density at radius 1 is 1.11 bits per heavy atom. The summed E-state index contributed by atoms with van der Waals surface area (Å²) in [5.74, 6) is -0.417. The summed E-state index contributed by atoms with van der Waals surface area (Å²) in [6, 6.07) is 10.7. The number of anilines is 1. The van der Waals surface area contributed by atoms with E-state index in [4.69, 9.17) is 5.73 Å². The van der Waals surface area contributed by atoms with E-state index >= 15 is 0 Å². The van der Waals surface area contributed by atoms with Gasteiger partial charge in [-0.3, -0.25) is 10.1 Å². The van der Waals surface area contributed by atoms with Crippen LogP contribution < -0.4 is 5.73 Å². The van der Waals surface area contributed by atoms with Gasteiger partial charge in [0.05, 0.1) is 9.82 Å². The first-order chi connectivity index (χ1) is 8.59. The molecule has 0 aliphatic rings. The largest absolute Gasteiger partial charge is 0.393 e. The number of hydrogen-bond acceptors (Lipinski definition) is 4. The highest BCUT2D eigenvalue weighted by atomic mass is 32.2. The van der Waals surface area contributed by atoms with E-state index in [1.807, 2.05) is 0 Å². The molecule has 0 aliphatic heterocycles. The molecule has 18 heavy (non-hydrogen) atoms. The molecule has 2 rings (SSSR count). The number of nitrogens with two attached hydrogens (primary N) is 1. The van der Waals surface area contributed by atoms with Crippen LogP contribution in [-0.4, -0.2) is 4.92 Å². The topological polar surface area (TPSA) is 69.2 Å². The number of nitro benzene ring substituents is 1. The molecule has 0 spiro atoms. The number of para-hydroxylation sites is 1. The maximum atomic E-state index is 13.5. The lowest BCUT2D eigenvalue weighted by Gasteiger charge is -2.05. The van der Waals surface area contributed by atoms with E-state index in [0.29, 0.717) is 9.79 Å². The van der Waals surface area contributed by atoms with Crippen LogP contribution in [0.1, 0.15) is 0 Å². The fourth-order valence-corrected chi connectivity index (χ4v) is 2.45. The Morgan fingerprint density at radius 3 is 2.44 bits per heavy atom. The molecule has 0 atom stereocenters. The molecule has 0 radical (unpaired) electrons. The molecule has 0 bridgehead atoms. The first kappa shape index (κ1) is 12.4. The summed E-state index contributed by atoms with van der Waals surface area (Å²) in [7, 11) is 0. The lowest BCUT2D eigenvalue weighted by Crippen LogP contribution is -1.97. The number of nitro groups is 1. The van der Waals surface area contributed by atoms with Crippen molar-refractivity contribution in [3.63, 3.8) is 0 Å². The first-order valence-corrected chi connectivity index (χ1v) is 5.86. The molecule has 6 heteroatoms. The molecule has 2 N–H and O–H groups in total. The fourth-order valence-electron chi connectivity index (χ4n) is 1.46. The van der Waals surface area contributed by atoms with Crippen molar-refractivity contribution in [3.8, 4) is 0 Å². The second-order valence-corrected chi connectivity index (χ2v) is 4.57. The molecule has 0 heterocycles. The second-order valence-electron chi connectivity index (χ2n) is 3.48. The lowest BCUT2D eigenvalue weighted by molar-refractivity contribution is -0.386. The Morgan fingerprint density at radius 2 is 1.78 bits per heavy atom. The predicted molar refractivity (Wildman–Crippen MR) is 68.0 cm³/mol. The highest BCUT2D eigenvalue weighted by molar-refractivity contribution is 7.99. The highest BCUT2D eigenvalue weighted by Crippen LogP contribution is 2.38. The predicted octanol–water partition coefficient (Wildman–Crippen LogP) is 3.47. The minimum absolute atomic E-state index is 0.0707. The molecular weight excluding hydrogens is 255 g/mol. The van der Waals surface area contributed by atoms with Gasteiger partial charge in [0.25, 0.3) is 0 Å². The molecule has 0 aromatic heterocycles. The van der Waals surface area contributed by atoms with E-state index in [9.17, 15) is 14.5 Å². The van der Waals surface area contributed by atoms with Crippen molar-refractivity contribution >= 4 is 23.1 Å². The summed E-state index contributed by atoms with van der Waals surface area (Å²) in [6.07, 6.45) is 0. The van der Waals surface area contributed by atoms with Gasteiger partial charge >= 0.3 is 5.69 Å². The zero-order valence-corrected chi connectivity index (χ0v) is 9.99. The van der Waals surface area contributed by atoms with Crippen LogP contribution in [0.15, 0.2) is 52.3 Å². The standard InChI is InChI=1S/C12H9FN2O2S/c13-8-4-1-2-6-10(8)18-11-7-3-5-9(14)12(11)15(16)17/h1-7H,14H2. The van der Waals surface area contributed by atoms with E-state index < -0.39 is 10.7 Å². The van der Waals surface area contributed by atoms with Gasteiger partial charge in [0, 0.05) is 4.90 Å². The maximum Gasteiger partial charge on any atom is 0.305 e. The van der Waals surface area contributed by atoms with Crippen LogP contribution in [0.4, 0.5) is 15.8 Å². The third-order valence-corrected chi connectivity index (χ3v) is 3.37. The molecule has 2 aromatic carbocycles. The molecule has 0 aliphatic carbocycles. The van der Waals surface area contributed by atoms with Gasteiger partial charge < -0.3 is 5.73 Å².